The monoisotopic (exact) mass is 384 g/mol. The highest BCUT2D eigenvalue weighted by atomic mass is 16.5. The Balaban J connectivity index is 3.17. The zero-order chi connectivity index (χ0) is 20.2. The van der Waals surface area contributed by atoms with Gasteiger partial charge >= 0.3 is 0 Å². The summed E-state index contributed by atoms with van der Waals surface area (Å²) >= 11 is 0. The maximum atomic E-state index is 11.7. The minimum absolute atomic E-state index is 0.140. The summed E-state index contributed by atoms with van der Waals surface area (Å²) in [5.74, 6) is 0.140. The first-order valence-corrected chi connectivity index (χ1v) is 11.8. The Kier molecular flexibility index (Phi) is 18.3. The lowest BCUT2D eigenvalue weighted by molar-refractivity contribution is -0.840. The zero-order valence-electron chi connectivity index (χ0n) is 18.7. The van der Waals surface area contributed by atoms with E-state index in [4.69, 9.17) is 0 Å². The molecule has 0 atom stereocenters. The largest absolute Gasteiger partial charge is 0.633 e. The highest BCUT2D eigenvalue weighted by Crippen LogP contribution is 2.13. The van der Waals surface area contributed by atoms with Crippen LogP contribution in [0.5, 0.6) is 0 Å². The number of unbranched alkanes of at least 4 members (excludes halogenated alkanes) is 14. The van der Waals surface area contributed by atoms with Gasteiger partial charge in [-0.3, -0.25) is 4.79 Å². The fraction of sp³-hybridized carbons (Fsp3) is 0.957. The van der Waals surface area contributed by atoms with Gasteiger partial charge in [-0.05, 0) is 6.42 Å². The van der Waals surface area contributed by atoms with Crippen LogP contribution in [0.3, 0.4) is 0 Å². The Morgan fingerprint density at radius 2 is 1.11 bits per heavy atom. The molecule has 0 aliphatic carbocycles. The molecule has 0 saturated heterocycles. The van der Waals surface area contributed by atoms with Crippen LogP contribution in [0.15, 0.2) is 0 Å². The van der Waals surface area contributed by atoms with Gasteiger partial charge in [-0.1, -0.05) is 96.8 Å². The molecule has 0 rings (SSSR count). The average molecular weight is 385 g/mol. The summed E-state index contributed by atoms with van der Waals surface area (Å²) in [6.07, 6.45) is 21.6. The van der Waals surface area contributed by atoms with E-state index in [2.05, 4.69) is 12.2 Å². The highest BCUT2D eigenvalue weighted by Gasteiger charge is 2.03. The molecule has 0 saturated carbocycles. The van der Waals surface area contributed by atoms with Crippen molar-refractivity contribution in [2.45, 2.75) is 116 Å². The third-order valence-electron chi connectivity index (χ3n) is 5.20. The van der Waals surface area contributed by atoms with Crippen molar-refractivity contribution in [3.05, 3.63) is 5.21 Å². The zero-order valence-corrected chi connectivity index (χ0v) is 18.7. The molecule has 0 aliphatic heterocycles. The number of carbonyl (C=O) groups is 1. The van der Waals surface area contributed by atoms with E-state index in [9.17, 15) is 10.0 Å². The molecular weight excluding hydrogens is 336 g/mol. The van der Waals surface area contributed by atoms with Gasteiger partial charge in [0.25, 0.3) is 0 Å². The van der Waals surface area contributed by atoms with E-state index in [1.54, 1.807) is 14.1 Å². The van der Waals surface area contributed by atoms with Crippen molar-refractivity contribution in [3.8, 4) is 0 Å². The number of hydrogen-bond donors (Lipinski definition) is 1. The molecule has 0 spiro atoms. The predicted octanol–water partition coefficient (Wildman–Crippen LogP) is 6.33. The normalized spacial score (nSPS) is 11.7. The summed E-state index contributed by atoms with van der Waals surface area (Å²) < 4.78 is -0.283. The van der Waals surface area contributed by atoms with Crippen LogP contribution in [0.25, 0.3) is 0 Å². The molecule has 0 radical (unpaired) electrons. The van der Waals surface area contributed by atoms with E-state index in [0.717, 1.165) is 19.3 Å². The highest BCUT2D eigenvalue weighted by molar-refractivity contribution is 5.75. The number of nitrogens with one attached hydrogen (secondary N) is 1. The van der Waals surface area contributed by atoms with Gasteiger partial charge in [0.1, 0.15) is 0 Å². The molecule has 162 valence electrons. The lowest BCUT2D eigenvalue weighted by Crippen LogP contribution is -2.35. The van der Waals surface area contributed by atoms with Gasteiger partial charge in [0.2, 0.25) is 5.91 Å². The second kappa shape index (κ2) is 18.7. The molecule has 1 N–H and O–H groups in total. The molecule has 0 unspecified atom stereocenters. The topological polar surface area (TPSA) is 52.2 Å². The summed E-state index contributed by atoms with van der Waals surface area (Å²) in [4.78, 5) is 11.7. The van der Waals surface area contributed by atoms with Gasteiger partial charge in [-0.2, -0.15) is 0 Å². The minimum atomic E-state index is -0.283. The Bertz CT molecular complexity index is 327. The number of nitrogens with zero attached hydrogens (tertiary/aromatic N) is 1. The summed E-state index contributed by atoms with van der Waals surface area (Å²) in [7, 11) is 3.27. The smallest absolute Gasteiger partial charge is 0.219 e. The second-order valence-corrected chi connectivity index (χ2v) is 8.70. The Morgan fingerprint density at radius 3 is 1.52 bits per heavy atom. The van der Waals surface area contributed by atoms with Crippen LogP contribution in [0, 0.1) is 5.21 Å². The van der Waals surface area contributed by atoms with Crippen LogP contribution in [-0.2, 0) is 4.79 Å². The van der Waals surface area contributed by atoms with E-state index in [-0.39, 0.29) is 10.6 Å². The molecule has 4 heteroatoms. The average Bonchev–Trinajstić information content (AvgIpc) is 2.61. The van der Waals surface area contributed by atoms with Crippen molar-refractivity contribution in [1.82, 2.24) is 5.32 Å². The number of amides is 1. The van der Waals surface area contributed by atoms with Gasteiger partial charge in [-0.15, -0.1) is 0 Å². The molecule has 0 bridgehead atoms. The first-order valence-electron chi connectivity index (χ1n) is 11.8. The Hall–Kier alpha value is -0.610. The van der Waals surface area contributed by atoms with Crippen LogP contribution in [0.4, 0.5) is 0 Å². The van der Waals surface area contributed by atoms with Gasteiger partial charge in [0, 0.05) is 19.4 Å². The van der Waals surface area contributed by atoms with Crippen molar-refractivity contribution < 1.29 is 9.44 Å². The van der Waals surface area contributed by atoms with Crippen LogP contribution >= 0.6 is 0 Å². The number of carbonyl (C=O) groups excluding carboxylic acids is 1. The van der Waals surface area contributed by atoms with Crippen LogP contribution in [-0.4, -0.2) is 37.7 Å². The molecule has 0 fully saturated rings. The van der Waals surface area contributed by atoms with Crippen molar-refractivity contribution in [3.63, 3.8) is 0 Å². The standard InChI is InChI=1S/C23H48N2O2/c1-4-5-6-7-8-9-10-11-12-13-14-15-16-17-18-20-23(26)24-21-19-22-25(2,3)27/h4-22H2,1-3H3,(H,24,26). The van der Waals surface area contributed by atoms with Crippen molar-refractivity contribution in [2.24, 2.45) is 0 Å². The second-order valence-electron chi connectivity index (χ2n) is 8.70. The first-order chi connectivity index (χ1) is 13.0. The number of hydroxylamine groups is 3. The third kappa shape index (κ3) is 23.4. The lowest BCUT2D eigenvalue weighted by Gasteiger charge is -2.33. The fourth-order valence-electron chi connectivity index (χ4n) is 3.43. The van der Waals surface area contributed by atoms with Gasteiger partial charge in [0.15, 0.2) is 0 Å². The van der Waals surface area contributed by atoms with Gasteiger partial charge in [-0.25, -0.2) is 0 Å². The summed E-state index contributed by atoms with van der Waals surface area (Å²) in [5, 5.41) is 14.3. The summed E-state index contributed by atoms with van der Waals surface area (Å²) in [6.45, 7) is 3.46. The number of hydrogen-bond acceptors (Lipinski definition) is 2. The minimum Gasteiger partial charge on any atom is -0.633 e. The lowest BCUT2D eigenvalue weighted by atomic mass is 10.0. The summed E-state index contributed by atoms with van der Waals surface area (Å²) in [6, 6.07) is 0. The first kappa shape index (κ1) is 26.4. The number of rotatable bonds is 20. The Labute approximate surface area is 169 Å². The molecule has 1 amide bonds. The molecule has 27 heavy (non-hydrogen) atoms. The van der Waals surface area contributed by atoms with Crippen LogP contribution < -0.4 is 5.32 Å². The predicted molar refractivity (Wildman–Crippen MR) is 118 cm³/mol. The van der Waals surface area contributed by atoms with Gasteiger partial charge in [0.05, 0.1) is 20.6 Å². The third-order valence-corrected chi connectivity index (χ3v) is 5.20. The molecule has 4 nitrogen and oxygen atoms in total. The molecule has 0 aromatic rings. The van der Waals surface area contributed by atoms with E-state index >= 15 is 0 Å². The maximum absolute atomic E-state index is 11.7. The van der Waals surface area contributed by atoms with E-state index in [1.807, 2.05) is 0 Å². The molecule has 0 aromatic heterocycles. The molecular formula is C23H48N2O2. The van der Waals surface area contributed by atoms with Crippen LogP contribution in [0.2, 0.25) is 0 Å². The maximum Gasteiger partial charge on any atom is 0.219 e. The fourth-order valence-corrected chi connectivity index (χ4v) is 3.43. The molecule has 0 aromatic carbocycles. The van der Waals surface area contributed by atoms with Crippen molar-refractivity contribution in [1.29, 1.82) is 0 Å². The van der Waals surface area contributed by atoms with E-state index < -0.39 is 0 Å². The van der Waals surface area contributed by atoms with Gasteiger partial charge < -0.3 is 15.2 Å². The number of quaternary nitrogens is 1. The quantitative estimate of drug-likeness (QED) is 0.151. The van der Waals surface area contributed by atoms with E-state index in [1.165, 1.54) is 83.5 Å². The Morgan fingerprint density at radius 1 is 0.704 bits per heavy atom. The molecule has 0 aliphatic rings. The van der Waals surface area contributed by atoms with Crippen molar-refractivity contribution >= 4 is 5.91 Å². The summed E-state index contributed by atoms with van der Waals surface area (Å²) in [5.41, 5.74) is 0. The van der Waals surface area contributed by atoms with E-state index in [0.29, 0.717) is 19.5 Å². The van der Waals surface area contributed by atoms with Crippen LogP contribution in [0.1, 0.15) is 116 Å². The molecule has 0 heterocycles. The van der Waals surface area contributed by atoms with Crippen molar-refractivity contribution in [2.75, 3.05) is 27.2 Å². The SMILES string of the molecule is CCCCCCCCCCCCCCCCCC(=O)NCCC[N+](C)(C)[O-].